The first-order chi connectivity index (χ1) is 12.0. The molecule has 4 heterocycles. The number of aromatic nitrogens is 3. The summed E-state index contributed by atoms with van der Waals surface area (Å²) in [6, 6.07) is 7.87. The zero-order valence-electron chi connectivity index (χ0n) is 14.5. The average Bonchev–Trinajstić information content (AvgIpc) is 3.01. The summed E-state index contributed by atoms with van der Waals surface area (Å²) in [6.45, 7) is 4.08. The minimum absolute atomic E-state index is 0.0387. The van der Waals surface area contributed by atoms with Crippen LogP contribution in [0.15, 0.2) is 42.9 Å². The van der Waals surface area contributed by atoms with E-state index in [0.29, 0.717) is 5.88 Å². The monoisotopic (exact) mass is 333 g/mol. The van der Waals surface area contributed by atoms with Crippen molar-refractivity contribution in [2.24, 2.45) is 0 Å². The molecule has 4 rings (SSSR count). The Hall–Kier alpha value is -2.84. The molecule has 0 bridgehead atoms. The minimum Gasteiger partial charge on any atom is -0.471 e. The van der Waals surface area contributed by atoms with E-state index in [-0.39, 0.29) is 11.7 Å². The van der Waals surface area contributed by atoms with Crippen molar-refractivity contribution >= 4 is 5.65 Å². The fraction of sp³-hybridized carbons (Fsp3) is 0.300. The van der Waals surface area contributed by atoms with Gasteiger partial charge in [-0.15, -0.1) is 0 Å². The average molecular weight is 333 g/mol. The molecule has 1 aliphatic heterocycles. The third kappa shape index (κ3) is 3.09. The van der Waals surface area contributed by atoms with E-state index < -0.39 is 0 Å². The van der Waals surface area contributed by atoms with Crippen LogP contribution in [0.2, 0.25) is 0 Å². The molecule has 1 unspecified atom stereocenters. The molecule has 0 aromatic carbocycles. The molecular formula is C20H19N3O2. The van der Waals surface area contributed by atoms with Gasteiger partial charge >= 0.3 is 0 Å². The van der Waals surface area contributed by atoms with Crippen LogP contribution in [0.1, 0.15) is 43.2 Å². The van der Waals surface area contributed by atoms with Gasteiger partial charge in [-0.1, -0.05) is 12.0 Å². The Morgan fingerprint density at radius 2 is 2.20 bits per heavy atom. The molecule has 25 heavy (non-hydrogen) atoms. The van der Waals surface area contributed by atoms with Crippen LogP contribution in [0.5, 0.6) is 5.88 Å². The van der Waals surface area contributed by atoms with Crippen LogP contribution >= 0.6 is 0 Å². The lowest BCUT2D eigenvalue weighted by Crippen LogP contribution is -2.35. The number of rotatable bonds is 1. The van der Waals surface area contributed by atoms with Crippen LogP contribution in [-0.4, -0.2) is 27.1 Å². The number of fused-ring (bicyclic) bond motifs is 2. The van der Waals surface area contributed by atoms with Gasteiger partial charge in [0, 0.05) is 43.2 Å². The van der Waals surface area contributed by atoms with Crippen LogP contribution in [0.25, 0.3) is 5.65 Å². The third-order valence-electron chi connectivity index (χ3n) is 4.26. The summed E-state index contributed by atoms with van der Waals surface area (Å²) in [5.41, 5.74) is 3.09. The van der Waals surface area contributed by atoms with Gasteiger partial charge in [-0.05, 0) is 38.0 Å². The quantitative estimate of drug-likeness (QED) is 0.641. The van der Waals surface area contributed by atoms with Crippen LogP contribution in [0.3, 0.4) is 0 Å². The van der Waals surface area contributed by atoms with Gasteiger partial charge in [-0.25, -0.2) is 9.97 Å². The standard InChI is InChI=1S/C20H19N3O2/c1-20(2)11-17(24-3)16-10-14(12-21-19(16)25-20)7-8-15-13-23-9-5-4-6-18(23)22-15/h4-6,9-10,12-13,17H,11H2,1-3H3. The van der Waals surface area contributed by atoms with E-state index in [1.165, 1.54) is 0 Å². The van der Waals surface area contributed by atoms with Crippen molar-refractivity contribution in [1.29, 1.82) is 0 Å². The molecule has 0 saturated carbocycles. The maximum absolute atomic E-state index is 5.95. The zero-order chi connectivity index (χ0) is 17.4. The van der Waals surface area contributed by atoms with Crippen molar-refractivity contribution in [1.82, 2.24) is 14.4 Å². The number of ether oxygens (including phenoxy) is 2. The predicted molar refractivity (Wildman–Crippen MR) is 94.5 cm³/mol. The molecule has 0 spiro atoms. The Morgan fingerprint density at radius 3 is 3.00 bits per heavy atom. The third-order valence-corrected chi connectivity index (χ3v) is 4.26. The molecule has 0 amide bonds. The van der Waals surface area contributed by atoms with Crippen LogP contribution in [0.4, 0.5) is 0 Å². The molecule has 1 aliphatic rings. The van der Waals surface area contributed by atoms with Gasteiger partial charge in [-0.3, -0.25) is 0 Å². The second-order valence-electron chi connectivity index (χ2n) is 6.75. The molecule has 1 atom stereocenters. The van der Waals surface area contributed by atoms with Gasteiger partial charge in [0.25, 0.3) is 0 Å². The number of pyridine rings is 2. The summed E-state index contributed by atoms with van der Waals surface area (Å²) < 4.78 is 13.5. The highest BCUT2D eigenvalue weighted by molar-refractivity contribution is 5.47. The summed E-state index contributed by atoms with van der Waals surface area (Å²) in [4.78, 5) is 8.92. The van der Waals surface area contributed by atoms with Gasteiger partial charge in [0.2, 0.25) is 5.88 Å². The first-order valence-electron chi connectivity index (χ1n) is 8.22. The second kappa shape index (κ2) is 5.91. The Bertz CT molecular complexity index is 962. The fourth-order valence-corrected chi connectivity index (χ4v) is 3.05. The summed E-state index contributed by atoms with van der Waals surface area (Å²) >= 11 is 0. The Balaban J connectivity index is 1.67. The van der Waals surface area contributed by atoms with Gasteiger partial charge in [-0.2, -0.15) is 0 Å². The van der Waals surface area contributed by atoms with Crippen molar-refractivity contribution in [2.45, 2.75) is 32.0 Å². The summed E-state index contributed by atoms with van der Waals surface area (Å²) in [5, 5.41) is 0. The highest BCUT2D eigenvalue weighted by Crippen LogP contribution is 2.39. The predicted octanol–water partition coefficient (Wildman–Crippen LogP) is 3.38. The van der Waals surface area contributed by atoms with E-state index >= 15 is 0 Å². The van der Waals surface area contributed by atoms with Crippen LogP contribution < -0.4 is 4.74 Å². The summed E-state index contributed by atoms with van der Waals surface area (Å²) in [5.74, 6) is 6.87. The Morgan fingerprint density at radius 1 is 1.32 bits per heavy atom. The van der Waals surface area contributed by atoms with E-state index in [9.17, 15) is 0 Å². The normalized spacial score (nSPS) is 18.1. The number of hydrogen-bond acceptors (Lipinski definition) is 4. The number of imidazole rings is 1. The van der Waals surface area contributed by atoms with Crippen molar-refractivity contribution in [3.63, 3.8) is 0 Å². The first kappa shape index (κ1) is 15.7. The topological polar surface area (TPSA) is 48.7 Å². The maximum Gasteiger partial charge on any atom is 0.219 e. The van der Waals surface area contributed by atoms with E-state index in [0.717, 1.165) is 28.9 Å². The molecule has 5 nitrogen and oxygen atoms in total. The molecule has 0 radical (unpaired) electrons. The second-order valence-corrected chi connectivity index (χ2v) is 6.75. The van der Waals surface area contributed by atoms with E-state index in [1.807, 2.05) is 54.9 Å². The minimum atomic E-state index is -0.287. The summed E-state index contributed by atoms with van der Waals surface area (Å²) in [7, 11) is 1.71. The Labute approximate surface area is 146 Å². The van der Waals surface area contributed by atoms with Gasteiger partial charge < -0.3 is 13.9 Å². The van der Waals surface area contributed by atoms with Crippen molar-refractivity contribution in [3.8, 4) is 17.7 Å². The smallest absolute Gasteiger partial charge is 0.219 e. The van der Waals surface area contributed by atoms with Gasteiger partial charge in [0.05, 0.1) is 6.10 Å². The molecule has 5 heteroatoms. The fourth-order valence-electron chi connectivity index (χ4n) is 3.05. The molecule has 3 aromatic rings. The Kier molecular flexibility index (Phi) is 3.70. The van der Waals surface area contributed by atoms with Gasteiger partial charge in [0.15, 0.2) is 0 Å². The SMILES string of the molecule is COC1CC(C)(C)Oc2ncc(C#Cc3cn4ccccc4n3)cc21. The lowest BCUT2D eigenvalue weighted by Gasteiger charge is -2.36. The lowest BCUT2D eigenvalue weighted by molar-refractivity contribution is -0.0143. The number of methoxy groups -OCH3 is 1. The largest absolute Gasteiger partial charge is 0.471 e. The molecule has 0 saturated heterocycles. The number of nitrogens with zero attached hydrogens (tertiary/aromatic N) is 3. The van der Waals surface area contributed by atoms with E-state index in [2.05, 4.69) is 21.8 Å². The molecule has 0 aliphatic carbocycles. The van der Waals surface area contributed by atoms with Gasteiger partial charge in [0.1, 0.15) is 16.9 Å². The molecule has 0 N–H and O–H groups in total. The molecule has 126 valence electrons. The summed E-state index contributed by atoms with van der Waals surface area (Å²) in [6.07, 6.45) is 6.34. The van der Waals surface area contributed by atoms with E-state index in [1.54, 1.807) is 13.3 Å². The molecule has 3 aromatic heterocycles. The first-order valence-corrected chi connectivity index (χ1v) is 8.22. The van der Waals surface area contributed by atoms with Crippen LogP contribution in [0, 0.1) is 11.8 Å². The molecular weight excluding hydrogens is 314 g/mol. The number of hydrogen-bond donors (Lipinski definition) is 0. The van der Waals surface area contributed by atoms with Crippen molar-refractivity contribution in [3.05, 3.63) is 59.7 Å². The molecule has 0 fully saturated rings. The maximum atomic E-state index is 5.95. The van der Waals surface area contributed by atoms with Crippen LogP contribution in [-0.2, 0) is 4.74 Å². The highest BCUT2D eigenvalue weighted by atomic mass is 16.5. The highest BCUT2D eigenvalue weighted by Gasteiger charge is 2.34. The van der Waals surface area contributed by atoms with Crippen molar-refractivity contribution in [2.75, 3.05) is 7.11 Å². The zero-order valence-corrected chi connectivity index (χ0v) is 14.5. The lowest BCUT2D eigenvalue weighted by atomic mass is 9.92. The van der Waals surface area contributed by atoms with Crippen molar-refractivity contribution < 1.29 is 9.47 Å². The van der Waals surface area contributed by atoms with E-state index in [4.69, 9.17) is 9.47 Å².